The standard InChI is InChI=1S/C24H26BrN3OS/c1-15-11-12-20(13-16(15)2)28-17(3)22(23(25)18(28)4)14-26-27-24(29)19(5)30-21-9-7-6-8-10-21/h6-14,19H,1-5H3,(H,27,29)/b26-14-/t19-/m1/s1. The van der Waals surface area contributed by atoms with Gasteiger partial charge < -0.3 is 4.57 Å². The van der Waals surface area contributed by atoms with E-state index in [0.29, 0.717) is 0 Å². The second kappa shape index (κ2) is 9.67. The van der Waals surface area contributed by atoms with Crippen LogP contribution in [0.4, 0.5) is 0 Å². The molecule has 156 valence electrons. The van der Waals surface area contributed by atoms with Crippen LogP contribution < -0.4 is 5.43 Å². The third kappa shape index (κ3) is 4.87. The molecule has 30 heavy (non-hydrogen) atoms. The van der Waals surface area contributed by atoms with E-state index in [4.69, 9.17) is 0 Å². The summed E-state index contributed by atoms with van der Waals surface area (Å²) in [7, 11) is 0. The van der Waals surface area contributed by atoms with Crippen LogP contribution in [-0.4, -0.2) is 21.9 Å². The van der Waals surface area contributed by atoms with Crippen LogP contribution in [0.5, 0.6) is 0 Å². The molecule has 0 saturated heterocycles. The zero-order valence-electron chi connectivity index (χ0n) is 17.9. The molecule has 0 aliphatic carbocycles. The van der Waals surface area contributed by atoms with Crippen molar-refractivity contribution < 1.29 is 4.79 Å². The fraction of sp³-hybridized carbons (Fsp3) is 0.250. The number of amides is 1. The number of halogens is 1. The van der Waals surface area contributed by atoms with E-state index in [1.165, 1.54) is 22.9 Å². The predicted octanol–water partition coefficient (Wildman–Crippen LogP) is 6.10. The van der Waals surface area contributed by atoms with Crippen molar-refractivity contribution in [2.45, 2.75) is 44.8 Å². The molecule has 4 nitrogen and oxygen atoms in total. The maximum absolute atomic E-state index is 12.4. The number of carbonyl (C=O) groups excluding carboxylic acids is 1. The Bertz CT molecular complexity index is 1090. The van der Waals surface area contributed by atoms with Gasteiger partial charge in [-0.25, -0.2) is 5.43 Å². The van der Waals surface area contributed by atoms with Gasteiger partial charge in [0.15, 0.2) is 0 Å². The van der Waals surface area contributed by atoms with Gasteiger partial charge in [-0.3, -0.25) is 4.79 Å². The van der Waals surface area contributed by atoms with Crippen LogP contribution in [0.25, 0.3) is 5.69 Å². The number of hydrazone groups is 1. The van der Waals surface area contributed by atoms with Crippen molar-refractivity contribution in [1.82, 2.24) is 9.99 Å². The number of nitrogens with zero attached hydrogens (tertiary/aromatic N) is 2. The van der Waals surface area contributed by atoms with Gasteiger partial charge in [-0.05, 0) is 85.9 Å². The Morgan fingerprint density at radius 3 is 2.43 bits per heavy atom. The van der Waals surface area contributed by atoms with Gasteiger partial charge in [0.2, 0.25) is 0 Å². The molecule has 1 aromatic heterocycles. The molecule has 0 bridgehead atoms. The Morgan fingerprint density at radius 2 is 1.77 bits per heavy atom. The summed E-state index contributed by atoms with van der Waals surface area (Å²) in [6.45, 7) is 10.2. The number of hydrogen-bond donors (Lipinski definition) is 1. The van der Waals surface area contributed by atoms with Crippen LogP contribution in [0, 0.1) is 27.7 Å². The Labute approximate surface area is 190 Å². The summed E-state index contributed by atoms with van der Waals surface area (Å²) >= 11 is 5.20. The van der Waals surface area contributed by atoms with Gasteiger partial charge in [0.05, 0.1) is 11.5 Å². The quantitative estimate of drug-likeness (QED) is 0.261. The summed E-state index contributed by atoms with van der Waals surface area (Å²) in [5, 5.41) is 3.98. The summed E-state index contributed by atoms with van der Waals surface area (Å²) in [6.07, 6.45) is 1.71. The van der Waals surface area contributed by atoms with Crippen LogP contribution in [0.1, 0.15) is 35.0 Å². The first-order valence-electron chi connectivity index (χ1n) is 9.79. The van der Waals surface area contributed by atoms with E-state index >= 15 is 0 Å². The van der Waals surface area contributed by atoms with Gasteiger partial charge in [-0.15, -0.1) is 11.8 Å². The molecule has 6 heteroatoms. The Hall–Kier alpha value is -2.31. The lowest BCUT2D eigenvalue weighted by Gasteiger charge is -2.11. The number of rotatable bonds is 6. The highest BCUT2D eigenvalue weighted by Gasteiger charge is 2.17. The summed E-state index contributed by atoms with van der Waals surface area (Å²) in [6, 6.07) is 16.3. The summed E-state index contributed by atoms with van der Waals surface area (Å²) in [5.74, 6) is -0.126. The van der Waals surface area contributed by atoms with Gasteiger partial charge in [0.1, 0.15) is 0 Å². The minimum absolute atomic E-state index is 0.126. The Kier molecular flexibility index (Phi) is 7.21. The van der Waals surface area contributed by atoms with E-state index in [0.717, 1.165) is 32.0 Å². The number of carbonyl (C=O) groups is 1. The van der Waals surface area contributed by atoms with E-state index in [-0.39, 0.29) is 11.2 Å². The first-order chi connectivity index (χ1) is 14.3. The van der Waals surface area contributed by atoms with Crippen molar-refractivity contribution in [3.63, 3.8) is 0 Å². The third-order valence-corrected chi connectivity index (χ3v) is 7.27. The maximum atomic E-state index is 12.4. The average Bonchev–Trinajstić information content (AvgIpc) is 2.94. The van der Waals surface area contributed by atoms with Gasteiger partial charge >= 0.3 is 0 Å². The zero-order chi connectivity index (χ0) is 21.8. The first-order valence-corrected chi connectivity index (χ1v) is 11.5. The third-order valence-electron chi connectivity index (χ3n) is 5.16. The topological polar surface area (TPSA) is 46.4 Å². The van der Waals surface area contributed by atoms with Crippen LogP contribution in [0.3, 0.4) is 0 Å². The van der Waals surface area contributed by atoms with Crippen molar-refractivity contribution >= 4 is 39.8 Å². The van der Waals surface area contributed by atoms with E-state index in [9.17, 15) is 4.79 Å². The second-order valence-corrected chi connectivity index (χ2v) is 9.52. The lowest BCUT2D eigenvalue weighted by molar-refractivity contribution is -0.120. The largest absolute Gasteiger partial charge is 0.317 e. The molecule has 0 fully saturated rings. The molecular weight excluding hydrogens is 458 g/mol. The summed E-state index contributed by atoms with van der Waals surface area (Å²) in [5.41, 5.74) is 9.42. The van der Waals surface area contributed by atoms with Crippen molar-refractivity contribution in [3.8, 4) is 5.69 Å². The highest BCUT2D eigenvalue weighted by Crippen LogP contribution is 2.30. The molecule has 3 aromatic rings. The molecule has 0 radical (unpaired) electrons. The molecule has 3 rings (SSSR count). The Morgan fingerprint density at radius 1 is 1.07 bits per heavy atom. The van der Waals surface area contributed by atoms with E-state index in [1.807, 2.05) is 37.3 Å². The van der Waals surface area contributed by atoms with Gasteiger partial charge in [-0.1, -0.05) is 24.3 Å². The maximum Gasteiger partial charge on any atom is 0.253 e. The lowest BCUT2D eigenvalue weighted by Crippen LogP contribution is -2.26. The summed E-state index contributed by atoms with van der Waals surface area (Å²) < 4.78 is 3.18. The van der Waals surface area contributed by atoms with Crippen molar-refractivity contribution in [2.75, 3.05) is 0 Å². The number of hydrogen-bond acceptors (Lipinski definition) is 3. The van der Waals surface area contributed by atoms with Crippen LogP contribution >= 0.6 is 27.7 Å². The second-order valence-electron chi connectivity index (χ2n) is 7.31. The number of aryl methyl sites for hydroxylation is 2. The lowest BCUT2D eigenvalue weighted by atomic mass is 10.1. The van der Waals surface area contributed by atoms with Crippen LogP contribution in [0.15, 0.2) is 63.0 Å². The summed E-state index contributed by atoms with van der Waals surface area (Å²) in [4.78, 5) is 13.5. The predicted molar refractivity (Wildman–Crippen MR) is 130 cm³/mol. The van der Waals surface area contributed by atoms with Crippen LogP contribution in [-0.2, 0) is 4.79 Å². The molecule has 0 aliphatic heterocycles. The van der Waals surface area contributed by atoms with Crippen molar-refractivity contribution in [3.05, 3.63) is 81.1 Å². The highest BCUT2D eigenvalue weighted by molar-refractivity contribution is 9.10. The molecular formula is C24H26BrN3OS. The number of aromatic nitrogens is 1. The highest BCUT2D eigenvalue weighted by atomic mass is 79.9. The number of thioether (sulfide) groups is 1. The fourth-order valence-corrected chi connectivity index (χ4v) is 4.68. The number of nitrogens with one attached hydrogen (secondary N) is 1. The smallest absolute Gasteiger partial charge is 0.253 e. The molecule has 0 aliphatic rings. The molecule has 0 unspecified atom stereocenters. The van der Waals surface area contributed by atoms with Crippen molar-refractivity contribution in [2.24, 2.45) is 5.10 Å². The molecule has 1 amide bonds. The minimum Gasteiger partial charge on any atom is -0.317 e. The molecule has 2 aromatic carbocycles. The molecule has 1 heterocycles. The van der Waals surface area contributed by atoms with E-state index in [2.05, 4.69) is 76.9 Å². The number of benzene rings is 2. The van der Waals surface area contributed by atoms with Crippen molar-refractivity contribution in [1.29, 1.82) is 0 Å². The van der Waals surface area contributed by atoms with Gasteiger partial charge in [-0.2, -0.15) is 5.10 Å². The first kappa shape index (κ1) is 22.4. The molecule has 0 spiro atoms. The van der Waals surface area contributed by atoms with Gasteiger partial charge in [0.25, 0.3) is 5.91 Å². The Balaban J connectivity index is 1.75. The van der Waals surface area contributed by atoms with Crippen LogP contribution in [0.2, 0.25) is 0 Å². The molecule has 1 atom stereocenters. The van der Waals surface area contributed by atoms with E-state index in [1.54, 1.807) is 6.21 Å². The minimum atomic E-state index is -0.240. The van der Waals surface area contributed by atoms with Gasteiger partial charge in [0, 0.05) is 32.0 Å². The average molecular weight is 484 g/mol. The molecule has 1 N–H and O–H groups in total. The molecule has 0 saturated carbocycles. The normalized spacial score (nSPS) is 12.3. The monoisotopic (exact) mass is 483 g/mol. The SMILES string of the molecule is Cc1ccc(-n2c(C)c(Br)c(/C=N\NC(=O)[C@@H](C)Sc3ccccc3)c2C)cc1C. The fourth-order valence-electron chi connectivity index (χ4n) is 3.23. The van der Waals surface area contributed by atoms with E-state index < -0.39 is 0 Å². The zero-order valence-corrected chi connectivity index (χ0v) is 20.3.